The van der Waals surface area contributed by atoms with Gasteiger partial charge >= 0.3 is 6.09 Å². The van der Waals surface area contributed by atoms with E-state index in [2.05, 4.69) is 4.40 Å². The maximum atomic E-state index is 11.9. The van der Waals surface area contributed by atoms with Crippen molar-refractivity contribution in [3.63, 3.8) is 0 Å². The van der Waals surface area contributed by atoms with Crippen LogP contribution in [0.25, 0.3) is 0 Å². The van der Waals surface area contributed by atoms with Crippen molar-refractivity contribution in [3.05, 3.63) is 0 Å². The van der Waals surface area contributed by atoms with Gasteiger partial charge in [0.25, 0.3) is 0 Å². The van der Waals surface area contributed by atoms with Crippen molar-refractivity contribution >= 4 is 22.8 Å². The molecule has 1 N–H and O–H groups in total. The first-order chi connectivity index (χ1) is 7.80. The first-order valence-electron chi connectivity index (χ1n) is 5.77. The Hall–Kier alpha value is -0.910. The molecule has 0 aliphatic carbocycles. The van der Waals surface area contributed by atoms with Crippen molar-refractivity contribution in [2.75, 3.05) is 13.1 Å². The normalized spacial score (nSPS) is 22.3. The van der Waals surface area contributed by atoms with Crippen molar-refractivity contribution in [2.24, 2.45) is 4.40 Å². The molecular weight excluding hydrogens is 240 g/mol. The second-order valence-electron chi connectivity index (χ2n) is 5.18. The molecule has 0 spiro atoms. The van der Waals surface area contributed by atoms with Crippen LogP contribution in [0.2, 0.25) is 0 Å². The maximum absolute atomic E-state index is 11.9. The van der Waals surface area contributed by atoms with E-state index in [9.17, 15) is 9.00 Å². The number of hydrogen-bond donors (Lipinski definition) is 1. The van der Waals surface area contributed by atoms with Crippen LogP contribution in [0.3, 0.4) is 0 Å². The van der Waals surface area contributed by atoms with E-state index >= 15 is 0 Å². The molecule has 1 heterocycles. The average molecular weight is 260 g/mol. The fourth-order valence-corrected chi connectivity index (χ4v) is 2.16. The summed E-state index contributed by atoms with van der Waals surface area (Å²) in [5.74, 6) is 0. The predicted octanol–water partition coefficient (Wildman–Crippen LogP) is 2.05. The van der Waals surface area contributed by atoms with E-state index in [1.165, 1.54) is 4.90 Å². The Morgan fingerprint density at radius 1 is 1.41 bits per heavy atom. The van der Waals surface area contributed by atoms with Gasteiger partial charge in [0.05, 0.1) is 11.3 Å². The number of nitrogens with zero attached hydrogens (tertiary/aromatic N) is 2. The average Bonchev–Trinajstić information content (AvgIpc) is 2.41. The van der Waals surface area contributed by atoms with E-state index in [1.54, 1.807) is 0 Å². The Morgan fingerprint density at radius 3 is 2.59 bits per heavy atom. The molecule has 1 aliphatic heterocycles. The summed E-state index contributed by atoms with van der Waals surface area (Å²) in [4.78, 5) is 12.3. The Balaban J connectivity index is 2.78. The lowest BCUT2D eigenvalue weighted by Gasteiger charge is -2.18. The highest BCUT2D eigenvalue weighted by molar-refractivity contribution is 7.85. The molecule has 0 aromatic heterocycles. The third kappa shape index (κ3) is 4.46. The van der Waals surface area contributed by atoms with Gasteiger partial charge in [0.1, 0.15) is 11.0 Å². The molecule has 5 nitrogen and oxygen atoms in total. The number of hydrogen-bond acceptors (Lipinski definition) is 2. The minimum Gasteiger partial charge on any atom is -0.465 e. The molecule has 1 rings (SSSR count). The fourth-order valence-electron chi connectivity index (χ4n) is 1.50. The lowest BCUT2D eigenvalue weighted by Crippen LogP contribution is -2.34. The van der Waals surface area contributed by atoms with Gasteiger partial charge in [0.2, 0.25) is 0 Å². The predicted molar refractivity (Wildman–Crippen MR) is 68.8 cm³/mol. The minimum absolute atomic E-state index is 0.289. The van der Waals surface area contributed by atoms with E-state index in [0.29, 0.717) is 6.54 Å². The molecule has 1 atom stereocenters. The quantitative estimate of drug-likeness (QED) is 0.784. The topological polar surface area (TPSA) is 70.0 Å². The van der Waals surface area contributed by atoms with Gasteiger partial charge in [-0.25, -0.2) is 9.00 Å². The molecule has 6 heteroatoms. The Labute approximate surface area is 105 Å². The summed E-state index contributed by atoms with van der Waals surface area (Å²) in [6.45, 7) is 6.41. The second kappa shape index (κ2) is 5.62. The van der Waals surface area contributed by atoms with Crippen LogP contribution in [-0.4, -0.2) is 43.9 Å². The molecule has 98 valence electrons. The monoisotopic (exact) mass is 260 g/mol. The van der Waals surface area contributed by atoms with Crippen LogP contribution in [0.1, 0.15) is 40.0 Å². The van der Waals surface area contributed by atoms with E-state index in [1.807, 2.05) is 20.8 Å². The lowest BCUT2D eigenvalue weighted by molar-refractivity contribution is 0.152. The summed E-state index contributed by atoms with van der Waals surface area (Å²) in [6, 6.07) is 0. The van der Waals surface area contributed by atoms with Gasteiger partial charge in [-0.05, 0) is 40.0 Å². The standard InChI is InChI=1S/C11H20N2O3S/c1-11(2,3)17(16)12-9-6-4-5-7-13(8-9)10(14)15/h4-8H2,1-3H3,(H,14,15). The summed E-state index contributed by atoms with van der Waals surface area (Å²) in [5, 5.41) is 8.97. The zero-order chi connectivity index (χ0) is 13.1. The molecule has 1 aliphatic rings. The third-order valence-electron chi connectivity index (χ3n) is 2.52. The second-order valence-corrected chi connectivity index (χ2v) is 7.09. The van der Waals surface area contributed by atoms with Crippen LogP contribution in [0, 0.1) is 0 Å². The van der Waals surface area contributed by atoms with E-state index in [0.717, 1.165) is 25.0 Å². The molecule has 0 saturated carbocycles. The third-order valence-corrected chi connectivity index (χ3v) is 3.99. The van der Waals surface area contributed by atoms with Crippen LogP contribution < -0.4 is 0 Å². The number of rotatable bonds is 1. The highest BCUT2D eigenvalue weighted by Crippen LogP contribution is 2.15. The largest absolute Gasteiger partial charge is 0.465 e. The van der Waals surface area contributed by atoms with Gasteiger partial charge in [-0.1, -0.05) is 0 Å². The number of amides is 1. The lowest BCUT2D eigenvalue weighted by atomic mass is 10.2. The summed E-state index contributed by atoms with van der Waals surface area (Å²) in [6.07, 6.45) is 1.56. The summed E-state index contributed by atoms with van der Waals surface area (Å²) in [5.41, 5.74) is 0.734. The van der Waals surface area contributed by atoms with Gasteiger partial charge in [0, 0.05) is 12.3 Å². The van der Waals surface area contributed by atoms with Crippen molar-refractivity contribution < 1.29 is 14.1 Å². The molecule has 1 fully saturated rings. The van der Waals surface area contributed by atoms with Crippen LogP contribution in [0.5, 0.6) is 0 Å². The highest BCUT2D eigenvalue weighted by atomic mass is 32.2. The summed E-state index contributed by atoms with van der Waals surface area (Å²) in [7, 11) is -1.30. The van der Waals surface area contributed by atoms with Crippen LogP contribution in [-0.2, 0) is 11.0 Å². The molecule has 0 bridgehead atoms. The molecule has 1 unspecified atom stereocenters. The summed E-state index contributed by atoms with van der Waals surface area (Å²) >= 11 is 0. The van der Waals surface area contributed by atoms with E-state index < -0.39 is 21.8 Å². The van der Waals surface area contributed by atoms with E-state index in [4.69, 9.17) is 5.11 Å². The van der Waals surface area contributed by atoms with Crippen LogP contribution >= 0.6 is 0 Å². The Morgan fingerprint density at radius 2 is 2.06 bits per heavy atom. The summed E-state index contributed by atoms with van der Waals surface area (Å²) < 4.78 is 15.7. The first kappa shape index (κ1) is 14.2. The van der Waals surface area contributed by atoms with Crippen molar-refractivity contribution in [1.29, 1.82) is 0 Å². The molecule has 17 heavy (non-hydrogen) atoms. The first-order valence-corrected chi connectivity index (χ1v) is 6.87. The van der Waals surface area contributed by atoms with Crippen LogP contribution in [0.4, 0.5) is 4.79 Å². The smallest absolute Gasteiger partial charge is 0.407 e. The van der Waals surface area contributed by atoms with Gasteiger partial charge in [-0.15, -0.1) is 0 Å². The Kier molecular flexibility index (Phi) is 4.68. The van der Waals surface area contributed by atoms with Gasteiger partial charge in [-0.2, -0.15) is 4.40 Å². The Bertz CT molecular complexity index is 347. The van der Waals surface area contributed by atoms with Crippen LogP contribution in [0.15, 0.2) is 4.40 Å². The zero-order valence-corrected chi connectivity index (χ0v) is 11.4. The highest BCUT2D eigenvalue weighted by Gasteiger charge is 2.22. The number of carbonyl (C=O) groups is 1. The van der Waals surface area contributed by atoms with Crippen molar-refractivity contribution in [2.45, 2.75) is 44.8 Å². The molecular formula is C11H20N2O3S. The van der Waals surface area contributed by atoms with Gasteiger partial charge < -0.3 is 10.0 Å². The molecule has 0 aromatic rings. The number of likely N-dealkylation sites (tertiary alicyclic amines) is 1. The van der Waals surface area contributed by atoms with Crippen molar-refractivity contribution in [1.82, 2.24) is 4.90 Å². The fraction of sp³-hybridized carbons (Fsp3) is 0.818. The molecule has 0 aromatic carbocycles. The zero-order valence-electron chi connectivity index (χ0n) is 10.6. The van der Waals surface area contributed by atoms with E-state index in [-0.39, 0.29) is 6.54 Å². The van der Waals surface area contributed by atoms with Crippen molar-refractivity contribution in [3.8, 4) is 0 Å². The molecule has 1 saturated heterocycles. The minimum atomic E-state index is -1.30. The number of carboxylic acid groups (broad SMARTS) is 1. The SMILES string of the molecule is CC(C)(C)S(=O)N=C1CCCCN(C(=O)O)C1. The van der Waals surface area contributed by atoms with Gasteiger partial charge in [0.15, 0.2) is 0 Å². The van der Waals surface area contributed by atoms with Gasteiger partial charge in [-0.3, -0.25) is 0 Å². The maximum Gasteiger partial charge on any atom is 0.407 e. The molecule has 0 radical (unpaired) electrons. The molecule has 1 amide bonds.